The zero-order valence-electron chi connectivity index (χ0n) is 27.7. The molecule has 4 heterocycles. The van der Waals surface area contributed by atoms with Gasteiger partial charge in [0.25, 0.3) is 16.1 Å². The molecular formula is C33H43Br2N7O7S. The number of halogens is 2. The van der Waals surface area contributed by atoms with Crippen LogP contribution >= 0.6 is 31.9 Å². The molecule has 0 radical (unpaired) electrons. The van der Waals surface area contributed by atoms with Crippen molar-refractivity contribution in [1.29, 1.82) is 0 Å². The molecule has 4 aliphatic rings. The minimum atomic E-state index is -3.71. The number of rotatable bonds is 7. The maximum atomic E-state index is 14.0. The predicted molar refractivity (Wildman–Crippen MR) is 194 cm³/mol. The summed E-state index contributed by atoms with van der Waals surface area (Å²) in [5.41, 5.74) is 2.62. The van der Waals surface area contributed by atoms with Crippen molar-refractivity contribution in [2.24, 2.45) is 5.14 Å². The van der Waals surface area contributed by atoms with Gasteiger partial charge < -0.3 is 29.9 Å². The van der Waals surface area contributed by atoms with Gasteiger partial charge in [0.05, 0.1) is 8.95 Å². The van der Waals surface area contributed by atoms with Crippen molar-refractivity contribution in [3.8, 4) is 5.75 Å². The van der Waals surface area contributed by atoms with Crippen LogP contribution < -0.4 is 10.5 Å². The van der Waals surface area contributed by atoms with E-state index in [4.69, 9.17) is 9.88 Å². The summed E-state index contributed by atoms with van der Waals surface area (Å²) in [6, 6.07) is 11.3. The van der Waals surface area contributed by atoms with Gasteiger partial charge in [-0.15, -0.1) is 0 Å². The van der Waals surface area contributed by atoms with Gasteiger partial charge in [0.15, 0.2) is 6.10 Å². The lowest BCUT2D eigenvalue weighted by Gasteiger charge is -2.42. The Hall–Kier alpha value is -2.96. The first kappa shape index (κ1) is 36.8. The number of aromatic hydroxyl groups is 1. The molecule has 3 saturated heterocycles. The van der Waals surface area contributed by atoms with Crippen molar-refractivity contribution in [2.45, 2.75) is 56.7 Å². The van der Waals surface area contributed by atoms with Crippen molar-refractivity contribution >= 4 is 65.8 Å². The first-order valence-corrected chi connectivity index (χ1v) is 20.0. The number of ether oxygens (including phenoxy) is 1. The van der Waals surface area contributed by atoms with E-state index in [9.17, 15) is 27.9 Å². The third-order valence-electron chi connectivity index (χ3n) is 10.2. The molecule has 0 aromatic heterocycles. The standard InChI is InChI=1S/C33H43Br2N7O7S/c34-26-19-22(20-27(35)30(26)43)21-29(31(44)39-10-6-24(7-11-39)38-15-17-41(18-16-38)50(36,47)48)49-33(46)40-12-8-25(9-13-40)42-14-5-23-3-1-2-4-28(23)37-32(42)45/h1-4,19-20,24-25,29,43H,5-18,21H2,(H,37,45)(H2,36,47,48). The fourth-order valence-corrected chi connectivity index (χ4v) is 9.36. The van der Waals surface area contributed by atoms with Crippen LogP contribution in [0.5, 0.6) is 5.75 Å². The number of amides is 4. The summed E-state index contributed by atoms with van der Waals surface area (Å²) >= 11 is 6.71. The zero-order valence-corrected chi connectivity index (χ0v) is 31.7. The van der Waals surface area contributed by atoms with Crippen LogP contribution in [0.3, 0.4) is 0 Å². The molecule has 0 bridgehead atoms. The summed E-state index contributed by atoms with van der Waals surface area (Å²) in [4.78, 5) is 48.2. The number of piperazine rings is 1. The highest BCUT2D eigenvalue weighted by Gasteiger charge is 2.37. The van der Waals surface area contributed by atoms with Gasteiger partial charge in [0.2, 0.25) is 0 Å². The molecule has 1 atom stereocenters. The SMILES string of the molecule is NS(=O)(=O)N1CCN(C2CCN(C(=O)C(Cc3cc(Br)c(O)c(Br)c3)OC(=O)N3CCC(N4CCc5ccccc5NC4=O)CC3)CC2)CC1. The number of nitrogens with two attached hydrogens (primary N) is 1. The van der Waals surface area contributed by atoms with Crippen LogP contribution in [0.15, 0.2) is 45.3 Å². The van der Waals surface area contributed by atoms with E-state index < -0.39 is 22.4 Å². The summed E-state index contributed by atoms with van der Waals surface area (Å²) in [5.74, 6) is -0.253. The number of benzene rings is 2. The van der Waals surface area contributed by atoms with E-state index in [2.05, 4.69) is 42.1 Å². The maximum Gasteiger partial charge on any atom is 0.410 e. The molecule has 14 nitrogen and oxygen atoms in total. The molecule has 2 aromatic rings. The van der Waals surface area contributed by atoms with Crippen molar-refractivity contribution in [3.63, 3.8) is 0 Å². The van der Waals surface area contributed by atoms with E-state index in [1.165, 1.54) is 4.31 Å². The number of piperidine rings is 2. The van der Waals surface area contributed by atoms with Crippen molar-refractivity contribution in [1.82, 2.24) is 23.9 Å². The van der Waals surface area contributed by atoms with E-state index in [1.54, 1.807) is 21.9 Å². The van der Waals surface area contributed by atoms with Crippen LogP contribution in [0.25, 0.3) is 0 Å². The molecule has 0 saturated carbocycles. The summed E-state index contributed by atoms with van der Waals surface area (Å²) in [6.07, 6.45) is 1.80. The van der Waals surface area contributed by atoms with Gasteiger partial charge in [0.1, 0.15) is 5.75 Å². The first-order chi connectivity index (χ1) is 23.9. The van der Waals surface area contributed by atoms with E-state index in [0.717, 1.165) is 17.7 Å². The molecule has 4 aliphatic heterocycles. The Labute approximate surface area is 309 Å². The number of nitrogens with one attached hydrogen (secondary N) is 1. The molecule has 17 heteroatoms. The lowest BCUT2D eigenvalue weighted by molar-refractivity contribution is -0.142. The summed E-state index contributed by atoms with van der Waals surface area (Å²) in [6.45, 7) is 4.15. The Morgan fingerprint density at radius 1 is 0.900 bits per heavy atom. The van der Waals surface area contributed by atoms with E-state index in [-0.39, 0.29) is 36.2 Å². The number of urea groups is 1. The Balaban J connectivity index is 1.07. The molecule has 0 spiro atoms. The van der Waals surface area contributed by atoms with Gasteiger partial charge in [0, 0.05) is 83.1 Å². The average molecular weight is 842 g/mol. The smallest absolute Gasteiger partial charge is 0.410 e. The highest BCUT2D eigenvalue weighted by atomic mass is 79.9. The van der Waals surface area contributed by atoms with E-state index in [1.807, 2.05) is 29.2 Å². The normalized spacial score (nSPS) is 20.9. The second-order valence-electron chi connectivity index (χ2n) is 13.3. The fourth-order valence-electron chi connectivity index (χ4n) is 7.40. The second kappa shape index (κ2) is 15.7. The van der Waals surface area contributed by atoms with Crippen molar-refractivity contribution in [3.05, 3.63) is 56.5 Å². The lowest BCUT2D eigenvalue weighted by atomic mass is 10.0. The molecule has 4 N–H and O–H groups in total. The second-order valence-corrected chi connectivity index (χ2v) is 16.5. The minimum absolute atomic E-state index is 0.0264. The molecule has 3 fully saturated rings. The number of hydrogen-bond acceptors (Lipinski definition) is 8. The number of para-hydroxylation sites is 1. The highest BCUT2D eigenvalue weighted by Crippen LogP contribution is 2.34. The van der Waals surface area contributed by atoms with E-state index in [0.29, 0.717) is 99.1 Å². The van der Waals surface area contributed by atoms with Crippen LogP contribution in [-0.4, -0.2) is 133 Å². The third kappa shape index (κ3) is 8.56. The average Bonchev–Trinajstić information content (AvgIpc) is 3.27. The van der Waals surface area contributed by atoms with Gasteiger partial charge in [-0.05, 0) is 93.3 Å². The van der Waals surface area contributed by atoms with Gasteiger partial charge in [-0.1, -0.05) is 18.2 Å². The quantitative estimate of drug-likeness (QED) is 0.382. The summed E-state index contributed by atoms with van der Waals surface area (Å²) < 4.78 is 31.6. The lowest BCUT2D eigenvalue weighted by Crippen LogP contribution is -2.56. The number of fused-ring (bicyclic) bond motifs is 1. The Bertz CT molecular complexity index is 1670. The Kier molecular flexibility index (Phi) is 11.6. The monoisotopic (exact) mass is 839 g/mol. The Morgan fingerprint density at radius 2 is 1.50 bits per heavy atom. The minimum Gasteiger partial charge on any atom is -0.506 e. The topological polar surface area (TPSA) is 169 Å². The van der Waals surface area contributed by atoms with Gasteiger partial charge in [-0.3, -0.25) is 9.69 Å². The van der Waals surface area contributed by atoms with Gasteiger partial charge in [-0.2, -0.15) is 12.7 Å². The third-order valence-corrected chi connectivity index (χ3v) is 12.5. The van der Waals surface area contributed by atoms with Crippen LogP contribution in [0, 0.1) is 0 Å². The Morgan fingerprint density at radius 3 is 2.14 bits per heavy atom. The molecular weight excluding hydrogens is 798 g/mol. The largest absolute Gasteiger partial charge is 0.506 e. The van der Waals surface area contributed by atoms with Crippen molar-refractivity contribution < 1.29 is 32.6 Å². The molecule has 272 valence electrons. The van der Waals surface area contributed by atoms with Crippen LogP contribution in [0.1, 0.15) is 36.8 Å². The van der Waals surface area contributed by atoms with Crippen LogP contribution in [0.2, 0.25) is 0 Å². The van der Waals surface area contributed by atoms with Crippen LogP contribution in [0.4, 0.5) is 15.3 Å². The predicted octanol–water partition coefficient (Wildman–Crippen LogP) is 3.33. The first-order valence-electron chi connectivity index (χ1n) is 17.0. The number of hydrogen-bond donors (Lipinski definition) is 3. The number of likely N-dealkylation sites (tertiary alicyclic amines) is 2. The van der Waals surface area contributed by atoms with Crippen LogP contribution in [-0.2, 0) is 32.6 Å². The van der Waals surface area contributed by atoms with E-state index >= 15 is 0 Å². The van der Waals surface area contributed by atoms with Crippen molar-refractivity contribution in [2.75, 3.05) is 64.2 Å². The number of carbonyl (C=O) groups is 3. The molecule has 1 unspecified atom stereocenters. The number of phenolic OH excluding ortho intramolecular Hbond substituents is 1. The number of anilines is 1. The molecule has 0 aliphatic carbocycles. The van der Waals surface area contributed by atoms with Gasteiger partial charge >= 0.3 is 12.1 Å². The molecule has 4 amide bonds. The molecule has 50 heavy (non-hydrogen) atoms. The number of carbonyl (C=O) groups excluding carboxylic acids is 3. The molecule has 2 aromatic carbocycles. The van der Waals surface area contributed by atoms with Gasteiger partial charge in [-0.25, -0.2) is 14.7 Å². The summed E-state index contributed by atoms with van der Waals surface area (Å²) in [5, 5.41) is 18.6. The summed E-state index contributed by atoms with van der Waals surface area (Å²) in [7, 11) is -3.71. The number of phenols is 1. The molecule has 6 rings (SSSR count). The highest BCUT2D eigenvalue weighted by molar-refractivity contribution is 9.11. The zero-order chi connectivity index (χ0) is 35.6. The number of nitrogens with zero attached hydrogens (tertiary/aromatic N) is 5. The fraction of sp³-hybridized carbons (Fsp3) is 0.545. The maximum absolute atomic E-state index is 14.0.